The van der Waals surface area contributed by atoms with Gasteiger partial charge in [-0.3, -0.25) is 9.78 Å². The molecule has 0 radical (unpaired) electrons. The molecular formula is C23H28ClFN4O3. The molecule has 2 N–H and O–H groups in total. The van der Waals surface area contributed by atoms with Gasteiger partial charge in [-0.25, -0.2) is 9.37 Å². The molecule has 0 spiro atoms. The van der Waals surface area contributed by atoms with Gasteiger partial charge in [-0.2, -0.15) is 0 Å². The number of hydrogen-bond donors (Lipinski definition) is 2. The Morgan fingerprint density at radius 1 is 1.25 bits per heavy atom. The van der Waals surface area contributed by atoms with Crippen LogP contribution in [-0.2, 0) is 20.7 Å². The highest BCUT2D eigenvalue weighted by Crippen LogP contribution is 2.29. The molecule has 0 aromatic carbocycles. The van der Waals surface area contributed by atoms with Crippen LogP contribution in [0.3, 0.4) is 0 Å². The van der Waals surface area contributed by atoms with E-state index in [1.54, 1.807) is 12.1 Å². The second kappa shape index (κ2) is 11.1. The van der Waals surface area contributed by atoms with Gasteiger partial charge in [0, 0.05) is 56.7 Å². The Labute approximate surface area is 192 Å². The Morgan fingerprint density at radius 3 is 2.94 bits per heavy atom. The Morgan fingerprint density at radius 2 is 2.09 bits per heavy atom. The minimum atomic E-state index is -0.415. The van der Waals surface area contributed by atoms with E-state index in [0.717, 1.165) is 32.6 Å². The van der Waals surface area contributed by atoms with E-state index >= 15 is 0 Å². The molecule has 0 aliphatic carbocycles. The minimum absolute atomic E-state index is 0.0612. The van der Waals surface area contributed by atoms with Gasteiger partial charge in [0.05, 0.1) is 29.8 Å². The smallest absolute Gasteiger partial charge is 0.165 e. The van der Waals surface area contributed by atoms with Gasteiger partial charge in [-0.15, -0.1) is 0 Å². The lowest BCUT2D eigenvalue weighted by atomic mass is 10.00. The maximum atomic E-state index is 14.4. The first kappa shape index (κ1) is 23.0. The summed E-state index contributed by atoms with van der Waals surface area (Å²) in [5.41, 5.74) is 1.75. The molecule has 32 heavy (non-hydrogen) atoms. The number of nitrogens with zero attached hydrogens (tertiary/aromatic N) is 2. The monoisotopic (exact) mass is 462 g/mol. The highest BCUT2D eigenvalue weighted by molar-refractivity contribution is 6.33. The highest BCUT2D eigenvalue weighted by Gasteiger charge is 2.22. The van der Waals surface area contributed by atoms with Gasteiger partial charge in [0.15, 0.2) is 11.6 Å². The van der Waals surface area contributed by atoms with Crippen molar-refractivity contribution in [1.82, 2.24) is 15.3 Å². The van der Waals surface area contributed by atoms with Crippen LogP contribution in [-0.4, -0.2) is 61.8 Å². The van der Waals surface area contributed by atoms with Crippen molar-refractivity contribution < 1.29 is 18.7 Å². The highest BCUT2D eigenvalue weighted by atomic mass is 35.5. The standard InChI is InChI=1S/C23H28ClFN4O3/c24-19-13-27-17(10-22(30)16-12-26-5-8-32-14-16)9-18(19)21-2-1-20(25)23(29-21)28-11-15-3-6-31-7-4-15/h1-2,9,13,15-16,26H,3-8,10-12,14H2,(H,28,29). The van der Waals surface area contributed by atoms with E-state index in [1.165, 1.54) is 12.3 Å². The lowest BCUT2D eigenvalue weighted by molar-refractivity contribution is -0.123. The number of hydrogen-bond acceptors (Lipinski definition) is 7. The van der Waals surface area contributed by atoms with Crippen LogP contribution < -0.4 is 10.6 Å². The summed E-state index contributed by atoms with van der Waals surface area (Å²) in [5.74, 6) is 0.0658. The second-order valence-corrected chi connectivity index (χ2v) is 8.65. The van der Waals surface area contributed by atoms with E-state index in [2.05, 4.69) is 20.6 Å². The summed E-state index contributed by atoms with van der Waals surface area (Å²) in [6.07, 6.45) is 3.59. The Bertz CT molecular complexity index is 931. The minimum Gasteiger partial charge on any atom is -0.381 e. The number of rotatable bonds is 7. The van der Waals surface area contributed by atoms with Gasteiger partial charge < -0.3 is 20.1 Å². The Hall–Kier alpha value is -2.13. The molecular weight excluding hydrogens is 435 g/mol. The SMILES string of the molecule is O=C(Cc1cc(-c2ccc(F)c(NCC3CCOCC3)n2)c(Cl)cn1)C1CNCCOC1. The zero-order valence-corrected chi connectivity index (χ0v) is 18.7. The number of halogens is 2. The molecule has 4 rings (SSSR count). The molecule has 7 nitrogen and oxygen atoms in total. The predicted molar refractivity (Wildman–Crippen MR) is 120 cm³/mol. The number of anilines is 1. The number of aromatic nitrogens is 2. The average Bonchev–Trinajstić information content (AvgIpc) is 3.10. The van der Waals surface area contributed by atoms with Crippen molar-refractivity contribution in [3.05, 3.63) is 40.9 Å². The van der Waals surface area contributed by atoms with Crippen LogP contribution in [0.2, 0.25) is 5.02 Å². The summed E-state index contributed by atoms with van der Waals surface area (Å²) in [7, 11) is 0. The molecule has 0 amide bonds. The number of Topliss-reactive ketones (excluding diaryl/α,β-unsaturated/α-hetero) is 1. The lowest BCUT2D eigenvalue weighted by Gasteiger charge is -2.22. The number of carbonyl (C=O) groups is 1. The molecule has 0 bridgehead atoms. The number of nitrogens with one attached hydrogen (secondary N) is 2. The van der Waals surface area contributed by atoms with Gasteiger partial charge in [-0.05, 0) is 37.0 Å². The zero-order valence-electron chi connectivity index (χ0n) is 17.9. The topological polar surface area (TPSA) is 85.4 Å². The normalized spacial score (nSPS) is 20.0. The predicted octanol–water partition coefficient (Wildman–Crippen LogP) is 3.12. The number of pyridine rings is 2. The summed E-state index contributed by atoms with van der Waals surface area (Å²) in [6.45, 7) is 4.47. The van der Waals surface area contributed by atoms with Crippen molar-refractivity contribution in [2.75, 3.05) is 51.4 Å². The van der Waals surface area contributed by atoms with Gasteiger partial charge in [0.1, 0.15) is 5.78 Å². The fourth-order valence-electron chi connectivity index (χ4n) is 3.92. The van der Waals surface area contributed by atoms with Crippen LogP contribution in [0.5, 0.6) is 0 Å². The first-order valence-corrected chi connectivity index (χ1v) is 11.4. The van der Waals surface area contributed by atoms with Crippen molar-refractivity contribution in [2.24, 2.45) is 11.8 Å². The van der Waals surface area contributed by atoms with Gasteiger partial charge in [-0.1, -0.05) is 11.6 Å². The summed E-state index contributed by atoms with van der Waals surface area (Å²) < 4.78 is 25.2. The molecule has 4 heterocycles. The summed E-state index contributed by atoms with van der Waals surface area (Å²) >= 11 is 6.38. The van der Waals surface area contributed by atoms with E-state index < -0.39 is 5.82 Å². The number of carbonyl (C=O) groups excluding carboxylic acids is 1. The van der Waals surface area contributed by atoms with Crippen LogP contribution in [0.25, 0.3) is 11.3 Å². The Balaban J connectivity index is 1.48. The molecule has 1 unspecified atom stereocenters. The van der Waals surface area contributed by atoms with E-state index in [4.69, 9.17) is 21.1 Å². The van der Waals surface area contributed by atoms with E-state index in [1.807, 2.05) is 0 Å². The summed E-state index contributed by atoms with van der Waals surface area (Å²) in [6, 6.07) is 4.73. The van der Waals surface area contributed by atoms with E-state index in [9.17, 15) is 9.18 Å². The number of ketones is 1. The maximum absolute atomic E-state index is 14.4. The third kappa shape index (κ3) is 6.01. The Kier molecular flexibility index (Phi) is 8.02. The van der Waals surface area contributed by atoms with Crippen LogP contribution >= 0.6 is 11.6 Å². The van der Waals surface area contributed by atoms with Crippen LogP contribution in [0, 0.1) is 17.7 Å². The molecule has 172 valence electrons. The van der Waals surface area contributed by atoms with Crippen LogP contribution in [0.15, 0.2) is 24.4 Å². The summed E-state index contributed by atoms with van der Waals surface area (Å²) in [4.78, 5) is 21.5. The first-order valence-electron chi connectivity index (χ1n) is 11.0. The summed E-state index contributed by atoms with van der Waals surface area (Å²) in [5, 5.41) is 6.74. The van der Waals surface area contributed by atoms with Crippen LogP contribution in [0.4, 0.5) is 10.2 Å². The van der Waals surface area contributed by atoms with E-state index in [0.29, 0.717) is 54.2 Å². The van der Waals surface area contributed by atoms with Gasteiger partial charge in [0.25, 0.3) is 0 Å². The molecule has 2 aliphatic heterocycles. The zero-order chi connectivity index (χ0) is 22.3. The molecule has 2 fully saturated rings. The van der Waals surface area contributed by atoms with Crippen LogP contribution in [0.1, 0.15) is 18.5 Å². The molecule has 9 heteroatoms. The largest absolute Gasteiger partial charge is 0.381 e. The molecule has 2 aromatic heterocycles. The third-order valence-corrected chi connectivity index (χ3v) is 6.18. The number of ether oxygens (including phenoxy) is 2. The first-order chi connectivity index (χ1) is 15.6. The van der Waals surface area contributed by atoms with Crippen molar-refractivity contribution in [3.8, 4) is 11.3 Å². The quantitative estimate of drug-likeness (QED) is 0.653. The molecule has 0 saturated carbocycles. The van der Waals surface area contributed by atoms with Crippen molar-refractivity contribution in [1.29, 1.82) is 0 Å². The molecule has 2 aromatic rings. The maximum Gasteiger partial charge on any atom is 0.165 e. The van der Waals surface area contributed by atoms with Gasteiger partial charge >= 0.3 is 0 Å². The van der Waals surface area contributed by atoms with Crippen molar-refractivity contribution in [3.63, 3.8) is 0 Å². The third-order valence-electron chi connectivity index (χ3n) is 5.88. The fourth-order valence-corrected chi connectivity index (χ4v) is 4.12. The van der Waals surface area contributed by atoms with Gasteiger partial charge in [0.2, 0.25) is 0 Å². The van der Waals surface area contributed by atoms with Crippen molar-refractivity contribution >= 4 is 23.2 Å². The average molecular weight is 463 g/mol. The fraction of sp³-hybridized carbons (Fsp3) is 0.522. The lowest BCUT2D eigenvalue weighted by Crippen LogP contribution is -2.30. The second-order valence-electron chi connectivity index (χ2n) is 8.24. The molecule has 1 atom stereocenters. The van der Waals surface area contributed by atoms with E-state index in [-0.39, 0.29) is 23.9 Å². The molecule has 2 saturated heterocycles. The van der Waals surface area contributed by atoms with Crippen molar-refractivity contribution in [2.45, 2.75) is 19.3 Å². The molecule has 2 aliphatic rings.